The number of para-hydroxylation sites is 6. The highest BCUT2D eigenvalue weighted by atomic mass is 15.2. The molecule has 0 fully saturated rings. The first-order chi connectivity index (χ1) is 55.4. The Balaban J connectivity index is 1.01. The molecule has 0 saturated carbocycles. The van der Waals surface area contributed by atoms with Crippen LogP contribution in [0.1, 0.15) is 48.3 Å². The Labute approximate surface area is 600 Å². The number of fused-ring (bicyclic) bond motifs is 10. The Kier molecular flexibility index (Phi) is 10.2. The molecule has 0 unspecified atom stereocenters. The summed E-state index contributed by atoms with van der Waals surface area (Å²) >= 11 is 0. The van der Waals surface area contributed by atoms with Crippen molar-refractivity contribution in [3.8, 4) is 78.1 Å². The van der Waals surface area contributed by atoms with Crippen LogP contribution in [-0.4, -0.2) is 15.8 Å². The van der Waals surface area contributed by atoms with Gasteiger partial charge in [0.1, 0.15) is 0 Å². The zero-order chi connectivity index (χ0) is 79.8. The summed E-state index contributed by atoms with van der Waals surface area (Å²) in [5.41, 5.74) is 18.0. The average molecular weight is 1280 g/mol. The minimum Gasteiger partial charge on any atom is -0.310 e. The number of nitrogens with zero attached hydrogens (tertiary/aromatic N) is 4. The van der Waals surface area contributed by atoms with E-state index in [1.807, 2.05) is 109 Å². The van der Waals surface area contributed by atoms with Gasteiger partial charge in [-0.3, -0.25) is 0 Å². The Morgan fingerprint density at radius 2 is 0.596 bits per heavy atom. The Morgan fingerprint density at radius 3 is 0.960 bits per heavy atom. The predicted octanol–water partition coefficient (Wildman–Crippen LogP) is 23.3. The molecule has 99 heavy (non-hydrogen) atoms. The molecular weight excluding hydrogens is 1200 g/mol. The molecule has 5 heteroatoms. The van der Waals surface area contributed by atoms with Crippen LogP contribution in [0.3, 0.4) is 0 Å². The van der Waals surface area contributed by atoms with Crippen LogP contribution in [0.15, 0.2) is 351 Å². The third-order valence-corrected chi connectivity index (χ3v) is 19.7. The summed E-state index contributed by atoms with van der Waals surface area (Å²) in [6.07, 6.45) is 0. The molecule has 19 rings (SSSR count). The highest BCUT2D eigenvalue weighted by molar-refractivity contribution is 7.00. The Morgan fingerprint density at radius 1 is 0.283 bits per heavy atom. The molecule has 4 nitrogen and oxygen atoms in total. The van der Waals surface area contributed by atoms with Gasteiger partial charge < -0.3 is 18.9 Å². The molecule has 0 saturated heterocycles. The van der Waals surface area contributed by atoms with Gasteiger partial charge in [0.2, 0.25) is 0 Å². The molecule has 0 amide bonds. The lowest BCUT2D eigenvalue weighted by Crippen LogP contribution is -2.61. The minimum atomic E-state index is -0.761. The molecule has 2 aromatic heterocycles. The standard InChI is InChI=1S/C94H67BN4/c1-94(2,3)70-58-89-91-90(59-70)99(93-74(65-34-14-7-15-35-65)45-27-47-76(93)69-39-25-37-67(57-69)63-30-10-5-11-31-63)88-61-72(97-85-50-22-18-42-79(85)80-43-19-23-51-86(80)97)53-55-82(88)95(91)81-54-52-71(96-83-48-20-16-40-77(83)78-41-17-21-49-84(78)96)60-87(81)98(89)92-73(64-32-12-6-13-33-64)44-26-46-75(92)68-38-24-36-66(56-68)62-28-8-4-9-29-62/h4-61H,1-3H3/i16D,17D,18D,19D,20D,21D,22D,23D,40D,41D,42D,43D,48D,49D,50D,51D. The molecule has 4 heterocycles. The van der Waals surface area contributed by atoms with E-state index in [1.165, 1.54) is 0 Å². The van der Waals surface area contributed by atoms with Crippen LogP contribution in [0.4, 0.5) is 34.1 Å². The van der Waals surface area contributed by atoms with Crippen molar-refractivity contribution in [1.29, 1.82) is 0 Å². The Hall–Kier alpha value is -12.4. The topological polar surface area (TPSA) is 16.3 Å². The molecule has 0 N–H and O–H groups in total. The van der Waals surface area contributed by atoms with Crippen molar-refractivity contribution >= 4 is 101 Å². The third kappa shape index (κ3) is 9.44. The van der Waals surface area contributed by atoms with Gasteiger partial charge in [-0.25, -0.2) is 0 Å². The van der Waals surface area contributed by atoms with Crippen molar-refractivity contribution in [3.05, 3.63) is 357 Å². The monoisotopic (exact) mass is 1280 g/mol. The summed E-state index contributed by atoms with van der Waals surface area (Å²) in [6.45, 7) is 5.76. The van der Waals surface area contributed by atoms with Crippen LogP contribution in [0, 0.1) is 0 Å². The maximum atomic E-state index is 9.84. The molecular formula is C94H67BN4. The first kappa shape index (κ1) is 43.6. The van der Waals surface area contributed by atoms with E-state index in [2.05, 4.69) is 176 Å². The normalized spacial score (nSPS) is 14.8. The number of rotatable bonds is 10. The van der Waals surface area contributed by atoms with E-state index in [0.717, 1.165) is 111 Å². The summed E-state index contributed by atoms with van der Waals surface area (Å²) < 4.78 is 154. The van der Waals surface area contributed by atoms with E-state index in [-0.39, 0.29) is 43.6 Å². The van der Waals surface area contributed by atoms with Gasteiger partial charge in [0.15, 0.2) is 0 Å². The van der Waals surface area contributed by atoms with Crippen molar-refractivity contribution in [2.45, 2.75) is 26.2 Å². The molecule has 466 valence electrons. The number of anilines is 6. The highest BCUT2D eigenvalue weighted by Gasteiger charge is 2.46. The number of aromatic nitrogens is 2. The van der Waals surface area contributed by atoms with Crippen LogP contribution >= 0.6 is 0 Å². The average Bonchev–Trinajstić information content (AvgIpc) is 1.53. The largest absolute Gasteiger partial charge is 0.310 e. The highest BCUT2D eigenvalue weighted by Crippen LogP contribution is 2.55. The van der Waals surface area contributed by atoms with Crippen LogP contribution < -0.4 is 26.2 Å². The lowest BCUT2D eigenvalue weighted by atomic mass is 9.33. The second-order valence-electron chi connectivity index (χ2n) is 26.4. The number of hydrogen-bond donors (Lipinski definition) is 0. The van der Waals surface area contributed by atoms with Gasteiger partial charge in [0, 0.05) is 77.9 Å². The summed E-state index contributed by atoms with van der Waals surface area (Å²) in [7, 11) is 0. The quantitative estimate of drug-likeness (QED) is 0.127. The molecule has 0 spiro atoms. The molecule has 0 atom stereocenters. The first-order valence-electron chi connectivity index (χ1n) is 41.2. The van der Waals surface area contributed by atoms with Gasteiger partial charge in [-0.2, -0.15) is 0 Å². The van der Waals surface area contributed by atoms with Crippen molar-refractivity contribution < 1.29 is 21.9 Å². The van der Waals surface area contributed by atoms with E-state index in [4.69, 9.17) is 5.48 Å². The second-order valence-corrected chi connectivity index (χ2v) is 26.4. The van der Waals surface area contributed by atoms with Crippen LogP contribution in [0.25, 0.3) is 122 Å². The van der Waals surface area contributed by atoms with E-state index < -0.39 is 109 Å². The zero-order valence-electron chi connectivity index (χ0n) is 70.1. The second kappa shape index (κ2) is 23.2. The lowest BCUT2D eigenvalue weighted by molar-refractivity contribution is 0.590. The summed E-state index contributed by atoms with van der Waals surface area (Å²) in [5.74, 6) is 0. The van der Waals surface area contributed by atoms with Gasteiger partial charge in [-0.1, -0.05) is 300 Å². The van der Waals surface area contributed by atoms with Crippen molar-refractivity contribution in [2.24, 2.45) is 0 Å². The van der Waals surface area contributed by atoms with Crippen molar-refractivity contribution in [1.82, 2.24) is 9.13 Å². The SMILES string of the molecule is [2H]c1c([2H])c([2H])c2c(c1[2H])c1c([2H])c([2H])c([2H])c([2H])c1n2-c1ccc2c(c1)N(c1c(-c3ccccc3)cccc1-c1cccc(-c3ccccc3)c1)c1cc(C(C)(C)C)cc3c1B2c1ccc(-n2c4c([2H])c([2H])c([2H])c([2H])c4c4c([2H])c([2H])c([2H])c([2H])c42)cc1N3c1c(-c2ccccc2)cccc1-c1cccc(-c2ccccc2)c1. The fraction of sp³-hybridized carbons (Fsp3) is 0.0426. The predicted molar refractivity (Wildman–Crippen MR) is 420 cm³/mol. The van der Waals surface area contributed by atoms with Gasteiger partial charge in [0.25, 0.3) is 6.71 Å². The van der Waals surface area contributed by atoms with E-state index in [0.29, 0.717) is 22.7 Å². The van der Waals surface area contributed by atoms with E-state index >= 15 is 0 Å². The van der Waals surface area contributed by atoms with Gasteiger partial charge in [-0.05, 0) is 145 Å². The smallest absolute Gasteiger partial charge is 0.252 e. The Bertz CT molecular complexity index is 6480. The zero-order valence-corrected chi connectivity index (χ0v) is 54.1. The van der Waals surface area contributed by atoms with Gasteiger partial charge in [0.05, 0.1) is 55.4 Å². The van der Waals surface area contributed by atoms with Crippen LogP contribution in [0.2, 0.25) is 0 Å². The maximum Gasteiger partial charge on any atom is 0.252 e. The first-order valence-corrected chi connectivity index (χ1v) is 33.2. The molecule has 15 aromatic carbocycles. The molecule has 2 aliphatic rings. The summed E-state index contributed by atoms with van der Waals surface area (Å²) in [5, 5.41) is -0.293. The molecule has 0 aliphatic carbocycles. The van der Waals surface area contributed by atoms with Crippen LogP contribution in [-0.2, 0) is 5.41 Å². The fourth-order valence-electron chi connectivity index (χ4n) is 15.2. The summed E-state index contributed by atoms with van der Waals surface area (Å²) in [6, 6.07) is 78.4. The molecule has 0 radical (unpaired) electrons. The van der Waals surface area contributed by atoms with E-state index in [1.54, 1.807) is 9.13 Å². The number of hydrogen-bond acceptors (Lipinski definition) is 2. The lowest BCUT2D eigenvalue weighted by Gasteiger charge is -2.46. The van der Waals surface area contributed by atoms with Crippen molar-refractivity contribution in [2.75, 3.05) is 9.80 Å². The fourth-order valence-corrected chi connectivity index (χ4v) is 15.2. The third-order valence-electron chi connectivity index (χ3n) is 19.7. The molecule has 0 bridgehead atoms. The van der Waals surface area contributed by atoms with Gasteiger partial charge in [-0.15, -0.1) is 0 Å². The van der Waals surface area contributed by atoms with Crippen LogP contribution in [0.5, 0.6) is 0 Å². The molecule has 17 aromatic rings. The summed E-state index contributed by atoms with van der Waals surface area (Å²) in [4.78, 5) is 4.64. The van der Waals surface area contributed by atoms with Gasteiger partial charge >= 0.3 is 0 Å². The minimum absolute atomic E-state index is 0.0516. The number of benzene rings is 15. The van der Waals surface area contributed by atoms with E-state index in [9.17, 15) is 16.4 Å². The molecule has 2 aliphatic heterocycles. The van der Waals surface area contributed by atoms with Crippen molar-refractivity contribution in [3.63, 3.8) is 0 Å². The maximum absolute atomic E-state index is 9.84.